The Morgan fingerprint density at radius 1 is 0.815 bits per heavy atom. The summed E-state index contributed by atoms with van der Waals surface area (Å²) >= 11 is 0. The predicted molar refractivity (Wildman–Crippen MR) is 110 cm³/mol. The third-order valence-corrected chi connectivity index (χ3v) is 4.67. The molecular formula is C22H30N3O2+. The number of carbonyl (C=O) groups excluding carboxylic acids is 2. The molecule has 2 aromatic rings. The Labute approximate surface area is 161 Å². The molecule has 3 N–H and O–H groups in total. The van der Waals surface area contributed by atoms with Crippen LogP contribution in [0.15, 0.2) is 36.4 Å². The van der Waals surface area contributed by atoms with Crippen molar-refractivity contribution in [2.75, 3.05) is 30.8 Å². The average molecular weight is 369 g/mol. The molecule has 144 valence electrons. The SMILES string of the molecule is CCc1cccc(C)c1NC(=O)C[NH+](C)CC(=O)Nc1c(C)cccc1C. The maximum atomic E-state index is 12.4. The van der Waals surface area contributed by atoms with E-state index < -0.39 is 0 Å². The van der Waals surface area contributed by atoms with E-state index in [1.165, 1.54) is 0 Å². The number of rotatable bonds is 7. The highest BCUT2D eigenvalue weighted by Crippen LogP contribution is 2.21. The van der Waals surface area contributed by atoms with Crippen LogP contribution in [-0.2, 0) is 16.0 Å². The Balaban J connectivity index is 1.92. The van der Waals surface area contributed by atoms with Gasteiger partial charge in [-0.3, -0.25) is 9.59 Å². The highest BCUT2D eigenvalue weighted by molar-refractivity contribution is 5.94. The van der Waals surface area contributed by atoms with Gasteiger partial charge in [0.1, 0.15) is 0 Å². The predicted octanol–water partition coefficient (Wildman–Crippen LogP) is 2.27. The van der Waals surface area contributed by atoms with Crippen molar-refractivity contribution in [1.29, 1.82) is 0 Å². The largest absolute Gasteiger partial charge is 0.322 e. The van der Waals surface area contributed by atoms with Crippen molar-refractivity contribution in [3.05, 3.63) is 58.7 Å². The van der Waals surface area contributed by atoms with E-state index in [4.69, 9.17) is 0 Å². The van der Waals surface area contributed by atoms with E-state index in [0.717, 1.165) is 44.9 Å². The number of likely N-dealkylation sites (N-methyl/N-ethyl adjacent to an activating group) is 1. The third-order valence-electron chi connectivity index (χ3n) is 4.67. The fourth-order valence-corrected chi connectivity index (χ4v) is 3.19. The van der Waals surface area contributed by atoms with Crippen LogP contribution in [0.3, 0.4) is 0 Å². The smallest absolute Gasteiger partial charge is 0.279 e. The molecular weight excluding hydrogens is 338 g/mol. The fraction of sp³-hybridized carbons (Fsp3) is 0.364. The number of aryl methyl sites for hydroxylation is 4. The number of quaternary nitrogens is 1. The summed E-state index contributed by atoms with van der Waals surface area (Å²) in [7, 11) is 1.85. The molecule has 1 atom stereocenters. The van der Waals surface area contributed by atoms with Gasteiger partial charge >= 0.3 is 0 Å². The lowest BCUT2D eigenvalue weighted by Crippen LogP contribution is -3.11. The molecule has 0 aliphatic heterocycles. The molecule has 0 bridgehead atoms. The maximum Gasteiger partial charge on any atom is 0.279 e. The minimum atomic E-state index is -0.0946. The zero-order valence-corrected chi connectivity index (χ0v) is 16.9. The number of nitrogens with one attached hydrogen (secondary N) is 3. The first-order valence-corrected chi connectivity index (χ1v) is 9.37. The van der Waals surface area contributed by atoms with Crippen LogP contribution in [0.25, 0.3) is 0 Å². The Morgan fingerprint density at radius 3 is 1.78 bits per heavy atom. The van der Waals surface area contributed by atoms with Crippen LogP contribution in [0.5, 0.6) is 0 Å². The highest BCUT2D eigenvalue weighted by Gasteiger charge is 2.17. The van der Waals surface area contributed by atoms with E-state index in [1.54, 1.807) is 0 Å². The minimum Gasteiger partial charge on any atom is -0.322 e. The lowest BCUT2D eigenvalue weighted by Gasteiger charge is -2.17. The molecule has 0 saturated carbocycles. The van der Waals surface area contributed by atoms with Gasteiger partial charge in [-0.05, 0) is 49.4 Å². The molecule has 2 rings (SSSR count). The lowest BCUT2D eigenvalue weighted by atomic mass is 10.1. The fourth-order valence-electron chi connectivity index (χ4n) is 3.19. The summed E-state index contributed by atoms with van der Waals surface area (Å²) in [5.74, 6) is -0.181. The molecule has 1 unspecified atom stereocenters. The Hall–Kier alpha value is -2.66. The van der Waals surface area contributed by atoms with Crippen LogP contribution >= 0.6 is 0 Å². The maximum absolute atomic E-state index is 12.4. The Morgan fingerprint density at radius 2 is 1.26 bits per heavy atom. The number of amides is 2. The van der Waals surface area contributed by atoms with E-state index >= 15 is 0 Å². The first kappa shape index (κ1) is 20.6. The van der Waals surface area contributed by atoms with Crippen molar-refractivity contribution >= 4 is 23.2 Å². The number of benzene rings is 2. The second kappa shape index (κ2) is 9.33. The van der Waals surface area contributed by atoms with Crippen LogP contribution in [0.4, 0.5) is 11.4 Å². The number of para-hydroxylation sites is 2. The zero-order chi connectivity index (χ0) is 20.0. The topological polar surface area (TPSA) is 62.6 Å². The van der Waals surface area contributed by atoms with Gasteiger partial charge in [0.2, 0.25) is 0 Å². The number of carbonyl (C=O) groups is 2. The van der Waals surface area contributed by atoms with Gasteiger partial charge < -0.3 is 15.5 Å². The highest BCUT2D eigenvalue weighted by atomic mass is 16.2. The van der Waals surface area contributed by atoms with Gasteiger partial charge in [0, 0.05) is 11.4 Å². The van der Waals surface area contributed by atoms with Gasteiger partial charge in [-0.25, -0.2) is 0 Å². The molecule has 0 saturated heterocycles. The molecule has 0 radical (unpaired) electrons. The van der Waals surface area contributed by atoms with E-state index in [-0.39, 0.29) is 24.9 Å². The molecule has 0 heterocycles. The zero-order valence-electron chi connectivity index (χ0n) is 16.9. The van der Waals surface area contributed by atoms with Gasteiger partial charge in [-0.15, -0.1) is 0 Å². The summed E-state index contributed by atoms with van der Waals surface area (Å²) in [4.78, 5) is 25.6. The Bertz CT molecular complexity index is 810. The summed E-state index contributed by atoms with van der Waals surface area (Å²) in [5, 5.41) is 5.98. The van der Waals surface area contributed by atoms with Crippen molar-refractivity contribution in [3.63, 3.8) is 0 Å². The molecule has 5 nitrogen and oxygen atoms in total. The van der Waals surface area contributed by atoms with Crippen LogP contribution in [-0.4, -0.2) is 32.0 Å². The van der Waals surface area contributed by atoms with Crippen molar-refractivity contribution in [1.82, 2.24) is 0 Å². The first-order chi connectivity index (χ1) is 12.8. The van der Waals surface area contributed by atoms with Gasteiger partial charge in [0.05, 0.1) is 7.05 Å². The monoisotopic (exact) mass is 368 g/mol. The lowest BCUT2D eigenvalue weighted by molar-refractivity contribution is -0.862. The molecule has 0 fully saturated rings. The minimum absolute atomic E-state index is 0.0867. The quantitative estimate of drug-likeness (QED) is 0.702. The number of anilines is 2. The van der Waals surface area contributed by atoms with Crippen molar-refractivity contribution in [2.45, 2.75) is 34.1 Å². The third kappa shape index (κ3) is 5.66. The normalized spacial score (nSPS) is 11.7. The van der Waals surface area contributed by atoms with E-state index in [2.05, 4.69) is 17.6 Å². The molecule has 0 aliphatic rings. The van der Waals surface area contributed by atoms with Gasteiger partial charge in [-0.2, -0.15) is 0 Å². The molecule has 27 heavy (non-hydrogen) atoms. The van der Waals surface area contributed by atoms with Crippen LogP contribution in [0.1, 0.15) is 29.2 Å². The van der Waals surface area contributed by atoms with Crippen molar-refractivity contribution < 1.29 is 14.5 Å². The van der Waals surface area contributed by atoms with Crippen LogP contribution in [0.2, 0.25) is 0 Å². The molecule has 2 aromatic carbocycles. The number of hydrogen-bond acceptors (Lipinski definition) is 2. The summed E-state index contributed by atoms with van der Waals surface area (Å²) < 4.78 is 0. The average Bonchev–Trinajstić information content (AvgIpc) is 2.59. The van der Waals surface area contributed by atoms with E-state index in [1.807, 2.05) is 64.2 Å². The van der Waals surface area contributed by atoms with Crippen LogP contribution in [0, 0.1) is 20.8 Å². The van der Waals surface area contributed by atoms with Gasteiger partial charge in [-0.1, -0.05) is 43.3 Å². The number of hydrogen-bond donors (Lipinski definition) is 3. The molecule has 5 heteroatoms. The van der Waals surface area contributed by atoms with Gasteiger partial charge in [0.25, 0.3) is 11.8 Å². The van der Waals surface area contributed by atoms with E-state index in [9.17, 15) is 9.59 Å². The second-order valence-electron chi connectivity index (χ2n) is 7.14. The summed E-state index contributed by atoms with van der Waals surface area (Å²) in [6, 6.07) is 11.9. The molecule has 0 aromatic heterocycles. The summed E-state index contributed by atoms with van der Waals surface area (Å²) in [6.45, 7) is 8.47. The van der Waals surface area contributed by atoms with Crippen molar-refractivity contribution in [3.8, 4) is 0 Å². The second-order valence-corrected chi connectivity index (χ2v) is 7.14. The molecule has 2 amide bonds. The first-order valence-electron chi connectivity index (χ1n) is 9.37. The van der Waals surface area contributed by atoms with Crippen molar-refractivity contribution in [2.24, 2.45) is 0 Å². The van der Waals surface area contributed by atoms with Gasteiger partial charge in [0.15, 0.2) is 13.1 Å². The summed E-state index contributed by atoms with van der Waals surface area (Å²) in [5.41, 5.74) is 5.97. The van der Waals surface area contributed by atoms with E-state index in [0.29, 0.717) is 0 Å². The summed E-state index contributed by atoms with van der Waals surface area (Å²) in [6.07, 6.45) is 0.859. The standard InChI is InChI=1S/C22H29N3O2/c1-6-18-12-8-11-17(4)22(18)24-20(27)14-25(5)13-19(26)23-21-15(2)9-7-10-16(21)3/h7-12H,6,13-14H2,1-5H3,(H,23,26)(H,24,27)/p+1. The Kier molecular flexibility index (Phi) is 7.13. The van der Waals surface area contributed by atoms with Crippen LogP contribution < -0.4 is 15.5 Å². The molecule has 0 spiro atoms. The molecule has 0 aliphatic carbocycles.